The zero-order chi connectivity index (χ0) is 14.1. The fraction of sp³-hybridized carbons (Fsp3) is 0.333. The first-order valence-electron chi connectivity index (χ1n) is 6.20. The average Bonchev–Trinajstić information content (AvgIpc) is 2.43. The van der Waals surface area contributed by atoms with E-state index in [1.807, 2.05) is 50.4 Å². The monoisotopic (exact) mass is 258 g/mol. The quantitative estimate of drug-likeness (QED) is 0.447. The largest absolute Gasteiger partial charge is 0.462 e. The Labute approximate surface area is 113 Å². The molecular formula is C15H18N2O2. The third kappa shape index (κ3) is 5.26. The van der Waals surface area contributed by atoms with Gasteiger partial charge in [0, 0.05) is 19.8 Å². The number of esters is 1. The van der Waals surface area contributed by atoms with Crippen LogP contribution in [0.3, 0.4) is 0 Å². The molecule has 0 saturated heterocycles. The van der Waals surface area contributed by atoms with Gasteiger partial charge in [-0.15, -0.1) is 0 Å². The van der Waals surface area contributed by atoms with E-state index in [1.165, 1.54) is 6.20 Å². The molecule has 100 valence electrons. The summed E-state index contributed by atoms with van der Waals surface area (Å²) >= 11 is 0. The van der Waals surface area contributed by atoms with Crippen LogP contribution in [0, 0.1) is 11.3 Å². The maximum atomic E-state index is 11.6. The van der Waals surface area contributed by atoms with E-state index in [0.29, 0.717) is 13.2 Å². The number of rotatable bonds is 6. The SMILES string of the molecule is CCCOC(=O)C(C#N)=CN(C)Cc1ccccc1. The van der Waals surface area contributed by atoms with Crippen molar-refractivity contribution >= 4 is 5.97 Å². The predicted octanol–water partition coefficient (Wildman–Crippen LogP) is 2.48. The van der Waals surface area contributed by atoms with Gasteiger partial charge in [-0.25, -0.2) is 4.79 Å². The average molecular weight is 258 g/mol. The van der Waals surface area contributed by atoms with Crippen LogP contribution in [0.4, 0.5) is 0 Å². The molecule has 0 spiro atoms. The smallest absolute Gasteiger partial charge is 0.350 e. The molecule has 0 saturated carbocycles. The van der Waals surface area contributed by atoms with Crippen LogP contribution in [0.15, 0.2) is 42.1 Å². The molecule has 0 atom stereocenters. The number of carbonyl (C=O) groups excluding carboxylic acids is 1. The Hall–Kier alpha value is -2.28. The number of carbonyl (C=O) groups is 1. The van der Waals surface area contributed by atoms with Crippen molar-refractivity contribution in [3.8, 4) is 6.07 Å². The number of benzene rings is 1. The maximum absolute atomic E-state index is 11.6. The molecule has 0 radical (unpaired) electrons. The minimum absolute atomic E-state index is 0.0203. The zero-order valence-electron chi connectivity index (χ0n) is 11.3. The summed E-state index contributed by atoms with van der Waals surface area (Å²) in [7, 11) is 1.82. The Kier molecular flexibility index (Phi) is 6.17. The number of hydrogen-bond donors (Lipinski definition) is 0. The second-order valence-corrected chi connectivity index (χ2v) is 4.19. The maximum Gasteiger partial charge on any atom is 0.350 e. The van der Waals surface area contributed by atoms with Crippen LogP contribution >= 0.6 is 0 Å². The molecule has 0 aliphatic heterocycles. The molecule has 0 aromatic heterocycles. The summed E-state index contributed by atoms with van der Waals surface area (Å²) in [5.74, 6) is -0.565. The molecular weight excluding hydrogens is 240 g/mol. The molecule has 1 rings (SSSR count). The van der Waals surface area contributed by atoms with Crippen LogP contribution in [0.5, 0.6) is 0 Å². The summed E-state index contributed by atoms with van der Waals surface area (Å²) in [6, 6.07) is 11.7. The second kappa shape index (κ2) is 7.93. The lowest BCUT2D eigenvalue weighted by atomic mass is 10.2. The summed E-state index contributed by atoms with van der Waals surface area (Å²) < 4.78 is 4.94. The minimum atomic E-state index is -0.565. The van der Waals surface area contributed by atoms with Gasteiger partial charge in [0.05, 0.1) is 6.61 Å². The number of hydrogen-bond acceptors (Lipinski definition) is 4. The highest BCUT2D eigenvalue weighted by Crippen LogP contribution is 2.06. The molecule has 1 aromatic rings. The van der Waals surface area contributed by atoms with E-state index in [9.17, 15) is 4.79 Å². The van der Waals surface area contributed by atoms with Gasteiger partial charge >= 0.3 is 5.97 Å². The van der Waals surface area contributed by atoms with Crippen molar-refractivity contribution in [2.24, 2.45) is 0 Å². The van der Waals surface area contributed by atoms with Gasteiger partial charge in [0.15, 0.2) is 5.57 Å². The van der Waals surface area contributed by atoms with E-state index in [4.69, 9.17) is 10.00 Å². The van der Waals surface area contributed by atoms with Crippen molar-refractivity contribution in [1.82, 2.24) is 4.90 Å². The van der Waals surface area contributed by atoms with Gasteiger partial charge < -0.3 is 9.64 Å². The van der Waals surface area contributed by atoms with Crippen LogP contribution in [0.1, 0.15) is 18.9 Å². The summed E-state index contributed by atoms with van der Waals surface area (Å²) in [4.78, 5) is 13.4. The van der Waals surface area contributed by atoms with E-state index < -0.39 is 5.97 Å². The van der Waals surface area contributed by atoms with Crippen molar-refractivity contribution in [3.63, 3.8) is 0 Å². The van der Waals surface area contributed by atoms with E-state index in [-0.39, 0.29) is 5.57 Å². The van der Waals surface area contributed by atoms with E-state index in [1.54, 1.807) is 4.90 Å². The Morgan fingerprint density at radius 2 is 2.11 bits per heavy atom. The van der Waals surface area contributed by atoms with Crippen molar-refractivity contribution in [3.05, 3.63) is 47.7 Å². The highest BCUT2D eigenvalue weighted by molar-refractivity contribution is 5.92. The third-order valence-electron chi connectivity index (χ3n) is 2.40. The summed E-state index contributed by atoms with van der Waals surface area (Å²) in [5, 5.41) is 8.96. The lowest BCUT2D eigenvalue weighted by Crippen LogP contribution is -2.15. The zero-order valence-corrected chi connectivity index (χ0v) is 11.3. The molecule has 4 nitrogen and oxygen atoms in total. The third-order valence-corrected chi connectivity index (χ3v) is 2.40. The molecule has 1 aromatic carbocycles. The lowest BCUT2D eigenvalue weighted by molar-refractivity contribution is -0.138. The Bertz CT molecular complexity index is 475. The van der Waals surface area contributed by atoms with Crippen LogP contribution in [0.2, 0.25) is 0 Å². The van der Waals surface area contributed by atoms with Gasteiger partial charge in [0.25, 0.3) is 0 Å². The molecule has 0 N–H and O–H groups in total. The normalized spacial score (nSPS) is 10.7. The molecule has 0 bridgehead atoms. The lowest BCUT2D eigenvalue weighted by Gasteiger charge is -2.14. The van der Waals surface area contributed by atoms with Gasteiger partial charge in [-0.3, -0.25) is 0 Å². The molecule has 0 amide bonds. The molecule has 0 aliphatic carbocycles. The van der Waals surface area contributed by atoms with Gasteiger partial charge in [-0.05, 0) is 12.0 Å². The molecule has 4 heteroatoms. The summed E-state index contributed by atoms with van der Waals surface area (Å²) in [5.41, 5.74) is 1.13. The van der Waals surface area contributed by atoms with Crippen molar-refractivity contribution < 1.29 is 9.53 Å². The molecule has 0 aliphatic rings. The number of ether oxygens (including phenoxy) is 1. The Balaban J connectivity index is 2.65. The first kappa shape index (κ1) is 14.8. The summed E-state index contributed by atoms with van der Waals surface area (Å²) in [6.45, 7) is 2.87. The highest BCUT2D eigenvalue weighted by atomic mass is 16.5. The van der Waals surface area contributed by atoms with Crippen LogP contribution in [-0.2, 0) is 16.1 Å². The van der Waals surface area contributed by atoms with Gasteiger partial charge in [0.2, 0.25) is 0 Å². The highest BCUT2D eigenvalue weighted by Gasteiger charge is 2.11. The Morgan fingerprint density at radius 3 is 2.68 bits per heavy atom. The summed E-state index contributed by atoms with van der Waals surface area (Å²) in [6.07, 6.45) is 2.26. The van der Waals surface area contributed by atoms with E-state index >= 15 is 0 Å². The molecule has 0 fully saturated rings. The van der Waals surface area contributed by atoms with E-state index in [0.717, 1.165) is 12.0 Å². The fourth-order valence-electron chi connectivity index (χ4n) is 1.54. The van der Waals surface area contributed by atoms with Crippen LogP contribution in [-0.4, -0.2) is 24.5 Å². The van der Waals surface area contributed by atoms with Crippen LogP contribution < -0.4 is 0 Å². The van der Waals surface area contributed by atoms with Crippen molar-refractivity contribution in [1.29, 1.82) is 5.26 Å². The fourth-order valence-corrected chi connectivity index (χ4v) is 1.54. The minimum Gasteiger partial charge on any atom is -0.462 e. The predicted molar refractivity (Wildman–Crippen MR) is 72.9 cm³/mol. The standard InChI is InChI=1S/C15H18N2O2/c1-3-9-19-15(18)14(10-16)12-17(2)11-13-7-5-4-6-8-13/h4-8,12H,3,9,11H2,1-2H3. The second-order valence-electron chi connectivity index (χ2n) is 4.19. The van der Waals surface area contributed by atoms with Gasteiger partial charge in [-0.2, -0.15) is 5.26 Å². The van der Waals surface area contributed by atoms with Crippen LogP contribution in [0.25, 0.3) is 0 Å². The first-order chi connectivity index (χ1) is 9.17. The molecule has 19 heavy (non-hydrogen) atoms. The van der Waals surface area contributed by atoms with Crippen molar-refractivity contribution in [2.45, 2.75) is 19.9 Å². The van der Waals surface area contributed by atoms with E-state index in [2.05, 4.69) is 0 Å². The first-order valence-corrected chi connectivity index (χ1v) is 6.20. The Morgan fingerprint density at radius 1 is 1.42 bits per heavy atom. The topological polar surface area (TPSA) is 53.3 Å². The molecule has 0 heterocycles. The number of nitrogens with zero attached hydrogens (tertiary/aromatic N) is 2. The van der Waals surface area contributed by atoms with Gasteiger partial charge in [-0.1, -0.05) is 37.3 Å². The number of nitriles is 1. The van der Waals surface area contributed by atoms with Crippen molar-refractivity contribution in [2.75, 3.05) is 13.7 Å². The molecule has 0 unspecified atom stereocenters. The van der Waals surface area contributed by atoms with Gasteiger partial charge in [0.1, 0.15) is 6.07 Å².